The predicted molar refractivity (Wildman–Crippen MR) is 111 cm³/mol. The third-order valence-electron chi connectivity index (χ3n) is 4.66. The van der Waals surface area contributed by atoms with E-state index in [0.29, 0.717) is 24.5 Å². The summed E-state index contributed by atoms with van der Waals surface area (Å²) in [5.41, 5.74) is 2.25. The van der Waals surface area contributed by atoms with E-state index in [0.717, 1.165) is 29.1 Å². The van der Waals surface area contributed by atoms with Crippen LogP contribution in [0.25, 0.3) is 0 Å². The van der Waals surface area contributed by atoms with Crippen molar-refractivity contribution >= 4 is 28.8 Å². The van der Waals surface area contributed by atoms with E-state index in [9.17, 15) is 9.59 Å². The summed E-state index contributed by atoms with van der Waals surface area (Å²) in [6, 6.07) is 5.97. The Morgan fingerprint density at radius 2 is 2.14 bits per heavy atom. The lowest BCUT2D eigenvalue weighted by Crippen LogP contribution is -2.38. The number of benzene rings is 1. The van der Waals surface area contributed by atoms with Crippen LogP contribution >= 0.6 is 11.3 Å². The van der Waals surface area contributed by atoms with Crippen molar-refractivity contribution in [3.63, 3.8) is 0 Å². The average Bonchev–Trinajstić information content (AvgIpc) is 3.12. The number of fused-ring (bicyclic) bond motifs is 1. The monoisotopic (exact) mass is 401 g/mol. The van der Waals surface area contributed by atoms with Gasteiger partial charge in [-0.1, -0.05) is 40.2 Å². The van der Waals surface area contributed by atoms with E-state index in [4.69, 9.17) is 4.74 Å². The molecule has 1 aromatic carbocycles. The van der Waals surface area contributed by atoms with Crippen molar-refractivity contribution in [1.29, 1.82) is 0 Å². The number of rotatable bonds is 6. The highest BCUT2D eigenvalue weighted by atomic mass is 32.1. The van der Waals surface area contributed by atoms with Crippen LogP contribution in [-0.4, -0.2) is 29.9 Å². The molecule has 0 bridgehead atoms. The Balaban J connectivity index is 1.80. The lowest BCUT2D eigenvalue weighted by atomic mass is 9.86. The molecule has 6 nitrogen and oxygen atoms in total. The largest absolute Gasteiger partial charge is 0.482 e. The zero-order chi connectivity index (χ0) is 20.3. The molecular weight excluding hydrogens is 374 g/mol. The zero-order valence-corrected chi connectivity index (χ0v) is 17.7. The maximum Gasteiger partial charge on any atom is 0.270 e. The highest BCUT2D eigenvalue weighted by molar-refractivity contribution is 7.09. The van der Waals surface area contributed by atoms with Gasteiger partial charge in [-0.15, -0.1) is 11.3 Å². The zero-order valence-electron chi connectivity index (χ0n) is 16.9. The van der Waals surface area contributed by atoms with Crippen molar-refractivity contribution in [3.05, 3.63) is 39.8 Å². The lowest BCUT2D eigenvalue weighted by Gasteiger charge is -2.30. The summed E-state index contributed by atoms with van der Waals surface area (Å²) in [6.45, 7) is 9.47. The first-order valence-electron chi connectivity index (χ1n) is 9.60. The van der Waals surface area contributed by atoms with E-state index >= 15 is 0 Å². The van der Waals surface area contributed by atoms with Crippen molar-refractivity contribution in [2.45, 2.75) is 52.5 Å². The molecule has 0 radical (unpaired) electrons. The van der Waals surface area contributed by atoms with Crippen LogP contribution in [-0.2, 0) is 16.8 Å². The van der Waals surface area contributed by atoms with Crippen molar-refractivity contribution in [1.82, 2.24) is 10.3 Å². The first kappa shape index (κ1) is 20.3. The molecule has 3 rings (SSSR count). The van der Waals surface area contributed by atoms with Crippen LogP contribution in [0.4, 0.5) is 5.69 Å². The minimum Gasteiger partial charge on any atom is -0.482 e. The molecule has 0 aliphatic carbocycles. The number of carbonyl (C=O) groups is 2. The van der Waals surface area contributed by atoms with Crippen molar-refractivity contribution < 1.29 is 14.3 Å². The summed E-state index contributed by atoms with van der Waals surface area (Å²) in [5.74, 6) is 0.420. The van der Waals surface area contributed by atoms with Crippen molar-refractivity contribution in [3.8, 4) is 5.75 Å². The number of carbonyl (C=O) groups excluding carboxylic acids is 2. The molecule has 2 amide bonds. The fourth-order valence-corrected chi connectivity index (χ4v) is 3.70. The van der Waals surface area contributed by atoms with Gasteiger partial charge in [0.2, 0.25) is 0 Å². The maximum atomic E-state index is 12.5. The van der Waals surface area contributed by atoms with Gasteiger partial charge in [0.05, 0.1) is 12.2 Å². The fraction of sp³-hybridized carbons (Fsp3) is 0.476. The van der Waals surface area contributed by atoms with Crippen LogP contribution in [0, 0.1) is 0 Å². The molecule has 1 aliphatic heterocycles. The number of amides is 2. The molecule has 7 heteroatoms. The summed E-state index contributed by atoms with van der Waals surface area (Å²) in [7, 11) is 0. The third-order valence-corrected chi connectivity index (χ3v) is 5.50. The highest BCUT2D eigenvalue weighted by Crippen LogP contribution is 2.37. The van der Waals surface area contributed by atoms with E-state index < -0.39 is 0 Å². The van der Waals surface area contributed by atoms with Crippen molar-refractivity contribution in [2.24, 2.45) is 0 Å². The van der Waals surface area contributed by atoms with Crippen molar-refractivity contribution in [2.75, 3.05) is 18.1 Å². The molecular formula is C21H27N3O3S. The Morgan fingerprint density at radius 3 is 2.86 bits per heavy atom. The number of aromatic nitrogens is 1. The first-order chi connectivity index (χ1) is 13.3. The molecule has 0 spiro atoms. The summed E-state index contributed by atoms with van der Waals surface area (Å²) in [6.07, 6.45) is 1.97. The lowest BCUT2D eigenvalue weighted by molar-refractivity contribution is -0.121. The molecule has 0 saturated carbocycles. The van der Waals surface area contributed by atoms with Gasteiger partial charge in [0, 0.05) is 11.9 Å². The minimum atomic E-state index is -0.167. The standard InChI is InChI=1S/C21H27N3O3S/c1-5-6-9-22-20(26)15-13-28-18(23-15)11-24-16-10-14(21(2,3)4)7-8-17(16)27-12-19(24)25/h7-8,10,13H,5-6,9,11-12H2,1-4H3,(H,22,26). The number of anilines is 1. The highest BCUT2D eigenvalue weighted by Gasteiger charge is 2.28. The Morgan fingerprint density at radius 1 is 1.36 bits per heavy atom. The van der Waals surface area contributed by atoms with Crippen LogP contribution in [0.15, 0.2) is 23.6 Å². The van der Waals surface area contributed by atoms with Gasteiger partial charge in [0.15, 0.2) is 6.61 Å². The Kier molecular flexibility index (Phi) is 6.03. The fourth-order valence-electron chi connectivity index (χ4n) is 2.93. The molecule has 1 aromatic heterocycles. The number of hydrogen-bond acceptors (Lipinski definition) is 5. The van der Waals surface area contributed by atoms with Crippen LogP contribution < -0.4 is 15.0 Å². The summed E-state index contributed by atoms with van der Waals surface area (Å²) in [5, 5.41) is 5.34. The molecule has 150 valence electrons. The molecule has 0 fully saturated rings. The molecule has 0 saturated heterocycles. The summed E-state index contributed by atoms with van der Waals surface area (Å²) < 4.78 is 5.60. The van der Waals surface area contributed by atoms with Gasteiger partial charge in [-0.3, -0.25) is 14.5 Å². The van der Waals surface area contributed by atoms with Gasteiger partial charge in [-0.2, -0.15) is 0 Å². The second kappa shape index (κ2) is 8.31. The molecule has 28 heavy (non-hydrogen) atoms. The molecule has 2 heterocycles. The molecule has 2 aromatic rings. The maximum absolute atomic E-state index is 12.5. The van der Waals surface area contributed by atoms with E-state index in [-0.39, 0.29) is 23.8 Å². The topological polar surface area (TPSA) is 71.5 Å². The number of nitrogens with zero attached hydrogens (tertiary/aromatic N) is 2. The van der Waals surface area contributed by atoms with Gasteiger partial charge >= 0.3 is 0 Å². The summed E-state index contributed by atoms with van der Waals surface area (Å²) >= 11 is 1.39. The van der Waals surface area contributed by atoms with E-state index in [2.05, 4.69) is 38.0 Å². The Bertz CT molecular complexity index is 870. The molecule has 1 aliphatic rings. The van der Waals surface area contributed by atoms with Crippen LogP contribution in [0.3, 0.4) is 0 Å². The van der Waals surface area contributed by atoms with E-state index in [1.165, 1.54) is 11.3 Å². The number of thiazole rings is 1. The number of hydrogen-bond donors (Lipinski definition) is 1. The minimum absolute atomic E-state index is 0.0115. The second-order valence-electron chi connectivity index (χ2n) is 7.94. The first-order valence-corrected chi connectivity index (χ1v) is 10.5. The normalized spacial score (nSPS) is 13.9. The van der Waals surface area contributed by atoms with Gasteiger partial charge < -0.3 is 10.1 Å². The quantitative estimate of drug-likeness (QED) is 0.746. The van der Waals surface area contributed by atoms with Gasteiger partial charge in [-0.25, -0.2) is 4.98 Å². The Hall–Kier alpha value is -2.41. The van der Waals surface area contributed by atoms with Crippen LogP contribution in [0.1, 0.15) is 61.6 Å². The van der Waals surface area contributed by atoms with Crippen LogP contribution in [0.5, 0.6) is 5.75 Å². The SMILES string of the molecule is CCCCNC(=O)c1csc(CN2C(=O)COc3ccc(C(C)(C)C)cc32)n1. The molecule has 0 unspecified atom stereocenters. The Labute approximate surface area is 169 Å². The second-order valence-corrected chi connectivity index (χ2v) is 8.88. The molecule has 0 atom stereocenters. The van der Waals surface area contributed by atoms with E-state index in [1.54, 1.807) is 10.3 Å². The third kappa shape index (κ3) is 4.52. The predicted octanol–water partition coefficient (Wildman–Crippen LogP) is 3.90. The van der Waals surface area contributed by atoms with Gasteiger partial charge in [0.25, 0.3) is 11.8 Å². The van der Waals surface area contributed by atoms with Gasteiger partial charge in [-0.05, 0) is 29.5 Å². The average molecular weight is 402 g/mol. The summed E-state index contributed by atoms with van der Waals surface area (Å²) in [4.78, 5) is 30.8. The van der Waals surface area contributed by atoms with Gasteiger partial charge in [0.1, 0.15) is 16.5 Å². The number of ether oxygens (including phenoxy) is 1. The molecule has 1 N–H and O–H groups in total. The smallest absolute Gasteiger partial charge is 0.270 e. The number of nitrogens with one attached hydrogen (secondary N) is 1. The van der Waals surface area contributed by atoms with Crippen LogP contribution in [0.2, 0.25) is 0 Å². The van der Waals surface area contributed by atoms with E-state index in [1.807, 2.05) is 18.2 Å². The number of unbranched alkanes of at least 4 members (excludes halogenated alkanes) is 1.